The number of rotatable bonds is 5. The Balaban J connectivity index is 1.28. The number of anilines is 3. The predicted molar refractivity (Wildman–Crippen MR) is 198 cm³/mol. The second-order valence-electron chi connectivity index (χ2n) is 11.6. The standard InChI is InChI=1S/C42H28BrN3/c43-29-25-33(45-39-20-10-7-17-35(39)36-18-8-11-21-40(36)45)27-34(26-29)46-41-22-12-9-19-37(41)38-28-32(23-24-42(38)46)44(30-13-3-1-4-14-30)31-15-5-2-6-16-31/h1-28H. The van der Waals surface area contributed by atoms with Gasteiger partial charge in [0.2, 0.25) is 0 Å². The van der Waals surface area contributed by atoms with E-state index in [1.807, 2.05) is 0 Å². The Morgan fingerprint density at radius 2 is 0.761 bits per heavy atom. The molecule has 2 heterocycles. The van der Waals surface area contributed by atoms with Crippen LogP contribution in [0.4, 0.5) is 17.1 Å². The van der Waals surface area contributed by atoms with E-state index < -0.39 is 0 Å². The van der Waals surface area contributed by atoms with Gasteiger partial charge in [-0.05, 0) is 78.9 Å². The van der Waals surface area contributed by atoms with E-state index in [2.05, 4.69) is 200 Å². The first-order valence-electron chi connectivity index (χ1n) is 15.5. The Morgan fingerprint density at radius 3 is 1.26 bits per heavy atom. The molecule has 2 aromatic heterocycles. The molecule has 0 saturated carbocycles. The molecule has 9 aromatic rings. The van der Waals surface area contributed by atoms with Gasteiger partial charge in [0.15, 0.2) is 0 Å². The number of aromatic nitrogens is 2. The molecule has 3 nitrogen and oxygen atoms in total. The molecule has 0 bridgehead atoms. The van der Waals surface area contributed by atoms with E-state index in [9.17, 15) is 0 Å². The first-order valence-corrected chi connectivity index (χ1v) is 16.3. The van der Waals surface area contributed by atoms with Gasteiger partial charge in [-0.15, -0.1) is 0 Å². The summed E-state index contributed by atoms with van der Waals surface area (Å²) >= 11 is 3.89. The Morgan fingerprint density at radius 1 is 0.348 bits per heavy atom. The Kier molecular flexibility index (Phi) is 6.29. The Labute approximate surface area is 275 Å². The molecule has 0 aliphatic rings. The quantitative estimate of drug-likeness (QED) is 0.180. The summed E-state index contributed by atoms with van der Waals surface area (Å²) in [5.41, 5.74) is 10.3. The second kappa shape index (κ2) is 10.8. The maximum atomic E-state index is 3.89. The smallest absolute Gasteiger partial charge is 0.0542 e. The summed E-state index contributed by atoms with van der Waals surface area (Å²) in [6.45, 7) is 0. The van der Waals surface area contributed by atoms with Crippen molar-refractivity contribution in [3.8, 4) is 11.4 Å². The largest absolute Gasteiger partial charge is 0.310 e. The van der Waals surface area contributed by atoms with Crippen molar-refractivity contribution in [2.45, 2.75) is 0 Å². The van der Waals surface area contributed by atoms with Gasteiger partial charge in [0.25, 0.3) is 0 Å². The third kappa shape index (κ3) is 4.26. The molecule has 7 aromatic carbocycles. The minimum absolute atomic E-state index is 1.03. The van der Waals surface area contributed by atoms with Gasteiger partial charge in [-0.1, -0.05) is 107 Å². The average Bonchev–Trinajstić information content (AvgIpc) is 3.62. The molecule has 0 radical (unpaired) electrons. The minimum atomic E-state index is 1.03. The normalized spacial score (nSPS) is 11.6. The molecular weight excluding hydrogens is 626 g/mol. The first kappa shape index (κ1) is 26.8. The fraction of sp³-hybridized carbons (Fsp3) is 0. The number of hydrogen-bond donors (Lipinski definition) is 0. The van der Waals surface area contributed by atoms with Crippen LogP contribution in [-0.4, -0.2) is 9.13 Å². The molecule has 0 spiro atoms. The highest BCUT2D eigenvalue weighted by molar-refractivity contribution is 9.10. The van der Waals surface area contributed by atoms with Crippen LogP contribution in [0.5, 0.6) is 0 Å². The average molecular weight is 655 g/mol. The second-order valence-corrected chi connectivity index (χ2v) is 12.5. The van der Waals surface area contributed by atoms with Gasteiger partial charge in [-0.2, -0.15) is 0 Å². The van der Waals surface area contributed by atoms with Crippen molar-refractivity contribution in [1.29, 1.82) is 0 Å². The maximum absolute atomic E-state index is 3.89. The van der Waals surface area contributed by atoms with E-state index >= 15 is 0 Å². The van der Waals surface area contributed by atoms with E-state index in [-0.39, 0.29) is 0 Å². The van der Waals surface area contributed by atoms with Crippen LogP contribution in [0.15, 0.2) is 174 Å². The number of para-hydroxylation sites is 5. The highest BCUT2D eigenvalue weighted by Gasteiger charge is 2.19. The molecule has 0 atom stereocenters. The zero-order chi connectivity index (χ0) is 30.6. The molecule has 46 heavy (non-hydrogen) atoms. The summed E-state index contributed by atoms with van der Waals surface area (Å²) < 4.78 is 5.80. The zero-order valence-electron chi connectivity index (χ0n) is 24.9. The van der Waals surface area contributed by atoms with Gasteiger partial charge in [-0.3, -0.25) is 0 Å². The van der Waals surface area contributed by atoms with E-state index in [4.69, 9.17) is 0 Å². The molecule has 218 valence electrons. The fourth-order valence-corrected chi connectivity index (χ4v) is 7.47. The molecule has 4 heteroatoms. The highest BCUT2D eigenvalue weighted by Crippen LogP contribution is 2.40. The van der Waals surface area contributed by atoms with Crippen LogP contribution in [0.2, 0.25) is 0 Å². The van der Waals surface area contributed by atoms with Crippen LogP contribution in [0.25, 0.3) is 55.0 Å². The maximum Gasteiger partial charge on any atom is 0.0542 e. The Bertz CT molecular complexity index is 2450. The number of halogens is 1. The number of nitrogens with zero attached hydrogens (tertiary/aromatic N) is 3. The van der Waals surface area contributed by atoms with E-state index in [1.54, 1.807) is 0 Å². The molecule has 0 unspecified atom stereocenters. The Hall–Kier alpha value is -5.58. The molecule has 9 rings (SSSR count). The van der Waals surface area contributed by atoms with Gasteiger partial charge in [0.05, 0.1) is 22.1 Å². The highest BCUT2D eigenvalue weighted by atomic mass is 79.9. The summed E-state index contributed by atoms with van der Waals surface area (Å²) in [5.74, 6) is 0. The monoisotopic (exact) mass is 653 g/mol. The van der Waals surface area contributed by atoms with Crippen LogP contribution < -0.4 is 4.90 Å². The van der Waals surface area contributed by atoms with Crippen LogP contribution in [0.3, 0.4) is 0 Å². The molecular formula is C42H28BrN3. The van der Waals surface area contributed by atoms with Crippen molar-refractivity contribution in [3.05, 3.63) is 174 Å². The topological polar surface area (TPSA) is 13.1 Å². The van der Waals surface area contributed by atoms with E-state index in [1.165, 1.54) is 38.1 Å². The van der Waals surface area contributed by atoms with Crippen molar-refractivity contribution in [2.24, 2.45) is 0 Å². The van der Waals surface area contributed by atoms with Gasteiger partial charge in [0.1, 0.15) is 0 Å². The molecule has 0 saturated heterocycles. The van der Waals surface area contributed by atoms with Crippen molar-refractivity contribution >= 4 is 76.6 Å². The van der Waals surface area contributed by atoms with Crippen LogP contribution in [0, 0.1) is 0 Å². The number of benzene rings is 7. The molecule has 0 N–H and O–H groups in total. The lowest BCUT2D eigenvalue weighted by Gasteiger charge is -2.25. The molecule has 0 fully saturated rings. The van der Waals surface area contributed by atoms with Crippen molar-refractivity contribution in [3.63, 3.8) is 0 Å². The van der Waals surface area contributed by atoms with Crippen molar-refractivity contribution < 1.29 is 0 Å². The van der Waals surface area contributed by atoms with Crippen LogP contribution >= 0.6 is 15.9 Å². The third-order valence-electron chi connectivity index (χ3n) is 8.91. The molecule has 0 aliphatic carbocycles. The predicted octanol–water partition coefficient (Wildman–Crippen LogP) is 12.1. The van der Waals surface area contributed by atoms with Crippen molar-refractivity contribution in [1.82, 2.24) is 9.13 Å². The fourth-order valence-electron chi connectivity index (χ4n) is 7.00. The van der Waals surface area contributed by atoms with Gasteiger partial charge in [-0.25, -0.2) is 0 Å². The summed E-state index contributed by atoms with van der Waals surface area (Å²) in [6.07, 6.45) is 0. The number of fused-ring (bicyclic) bond motifs is 6. The van der Waals surface area contributed by atoms with Crippen LogP contribution in [-0.2, 0) is 0 Å². The van der Waals surface area contributed by atoms with Crippen molar-refractivity contribution in [2.75, 3.05) is 4.90 Å². The summed E-state index contributed by atoms with van der Waals surface area (Å²) in [6, 6.07) is 60.8. The molecule has 0 amide bonds. The van der Waals surface area contributed by atoms with Gasteiger partial charge < -0.3 is 14.0 Å². The third-order valence-corrected chi connectivity index (χ3v) is 9.36. The summed E-state index contributed by atoms with van der Waals surface area (Å²) in [4.78, 5) is 2.32. The molecule has 0 aliphatic heterocycles. The summed E-state index contributed by atoms with van der Waals surface area (Å²) in [5, 5.41) is 4.94. The number of hydrogen-bond acceptors (Lipinski definition) is 1. The lowest BCUT2D eigenvalue weighted by atomic mass is 10.1. The van der Waals surface area contributed by atoms with E-state index in [0.717, 1.165) is 38.4 Å². The minimum Gasteiger partial charge on any atom is -0.310 e. The van der Waals surface area contributed by atoms with Gasteiger partial charge in [0, 0.05) is 54.5 Å². The van der Waals surface area contributed by atoms with Gasteiger partial charge >= 0.3 is 0 Å². The van der Waals surface area contributed by atoms with E-state index in [0.29, 0.717) is 0 Å². The lowest BCUT2D eigenvalue weighted by Crippen LogP contribution is -2.09. The zero-order valence-corrected chi connectivity index (χ0v) is 26.5. The SMILES string of the molecule is Brc1cc(-n2c3ccccc3c3ccccc32)cc(-n2c3ccccc3c3cc(N(c4ccccc4)c4ccccc4)ccc32)c1. The van der Waals surface area contributed by atoms with Crippen LogP contribution in [0.1, 0.15) is 0 Å². The lowest BCUT2D eigenvalue weighted by molar-refractivity contribution is 1.13. The first-order chi connectivity index (χ1) is 22.7. The summed E-state index contributed by atoms with van der Waals surface area (Å²) in [7, 11) is 0.